The second-order valence-corrected chi connectivity index (χ2v) is 5.16. The second kappa shape index (κ2) is 9.42. The molecule has 1 amide bonds. The molecule has 0 aliphatic heterocycles. The highest BCUT2D eigenvalue weighted by molar-refractivity contribution is 5.75. The third-order valence-corrected chi connectivity index (χ3v) is 3.16. The number of nitrogens with zero attached hydrogens (tertiary/aromatic N) is 1. The fourth-order valence-corrected chi connectivity index (χ4v) is 1.40. The van der Waals surface area contributed by atoms with Crippen molar-refractivity contribution in [1.82, 2.24) is 10.2 Å². The average molecular weight is 243 g/mol. The molecule has 0 rings (SSSR count). The van der Waals surface area contributed by atoms with Gasteiger partial charge >= 0.3 is 0 Å². The fourth-order valence-electron chi connectivity index (χ4n) is 1.40. The van der Waals surface area contributed by atoms with Crippen molar-refractivity contribution in [2.45, 2.75) is 46.1 Å². The van der Waals surface area contributed by atoms with Crippen molar-refractivity contribution in [3.63, 3.8) is 0 Å². The summed E-state index contributed by atoms with van der Waals surface area (Å²) in [7, 11) is 2.11. The molecule has 4 heteroatoms. The van der Waals surface area contributed by atoms with Crippen LogP contribution in [-0.4, -0.2) is 43.5 Å². The van der Waals surface area contributed by atoms with E-state index in [9.17, 15) is 4.79 Å². The van der Waals surface area contributed by atoms with Gasteiger partial charge in [-0.1, -0.05) is 6.92 Å². The van der Waals surface area contributed by atoms with Crippen molar-refractivity contribution in [2.24, 2.45) is 11.7 Å². The van der Waals surface area contributed by atoms with E-state index in [0.29, 0.717) is 24.9 Å². The van der Waals surface area contributed by atoms with Crippen LogP contribution in [0.15, 0.2) is 0 Å². The van der Waals surface area contributed by atoms with Crippen LogP contribution in [0.3, 0.4) is 0 Å². The summed E-state index contributed by atoms with van der Waals surface area (Å²) in [6, 6.07) is 0.566. The predicted molar refractivity (Wildman–Crippen MR) is 72.8 cm³/mol. The highest BCUT2D eigenvalue weighted by Gasteiger charge is 2.06. The lowest BCUT2D eigenvalue weighted by Crippen LogP contribution is -2.31. The molecule has 0 saturated heterocycles. The predicted octanol–water partition coefficient (Wildman–Crippen LogP) is 1.21. The first-order chi connectivity index (χ1) is 7.97. The molecular weight excluding hydrogens is 214 g/mol. The van der Waals surface area contributed by atoms with Crippen molar-refractivity contribution >= 4 is 5.91 Å². The maximum absolute atomic E-state index is 11.5. The molecule has 3 N–H and O–H groups in total. The quantitative estimate of drug-likeness (QED) is 0.598. The van der Waals surface area contributed by atoms with Gasteiger partial charge in [-0.25, -0.2) is 0 Å². The van der Waals surface area contributed by atoms with E-state index in [1.54, 1.807) is 0 Å². The van der Waals surface area contributed by atoms with E-state index in [0.717, 1.165) is 25.9 Å². The van der Waals surface area contributed by atoms with E-state index in [4.69, 9.17) is 5.73 Å². The first-order valence-corrected chi connectivity index (χ1v) is 6.64. The molecule has 0 bridgehead atoms. The minimum Gasteiger partial charge on any atom is -0.356 e. The van der Waals surface area contributed by atoms with Gasteiger partial charge in [-0.15, -0.1) is 0 Å². The average Bonchev–Trinajstić information content (AvgIpc) is 2.30. The Morgan fingerprint density at radius 2 is 2.00 bits per heavy atom. The first kappa shape index (κ1) is 16.4. The minimum absolute atomic E-state index is 0.150. The van der Waals surface area contributed by atoms with Gasteiger partial charge in [0, 0.05) is 19.0 Å². The van der Waals surface area contributed by atoms with Crippen LogP contribution in [0.2, 0.25) is 0 Å². The molecule has 0 radical (unpaired) electrons. The lowest BCUT2D eigenvalue weighted by Gasteiger charge is -2.20. The van der Waals surface area contributed by atoms with Gasteiger partial charge < -0.3 is 16.0 Å². The van der Waals surface area contributed by atoms with Gasteiger partial charge in [0.05, 0.1) is 0 Å². The van der Waals surface area contributed by atoms with E-state index in [-0.39, 0.29) is 5.91 Å². The van der Waals surface area contributed by atoms with E-state index in [2.05, 4.69) is 38.0 Å². The van der Waals surface area contributed by atoms with Crippen LogP contribution < -0.4 is 11.1 Å². The van der Waals surface area contributed by atoms with Crippen molar-refractivity contribution in [1.29, 1.82) is 0 Å². The smallest absolute Gasteiger partial charge is 0.220 e. The number of rotatable bonds is 9. The third kappa shape index (κ3) is 9.12. The zero-order chi connectivity index (χ0) is 13.3. The first-order valence-electron chi connectivity index (χ1n) is 6.64. The summed E-state index contributed by atoms with van der Waals surface area (Å²) in [5.74, 6) is 0.588. The maximum atomic E-state index is 11.5. The third-order valence-electron chi connectivity index (χ3n) is 3.16. The topological polar surface area (TPSA) is 58.4 Å². The fraction of sp³-hybridized carbons (Fsp3) is 0.923. The number of carbonyl (C=O) groups excluding carboxylic acids is 1. The highest BCUT2D eigenvalue weighted by Crippen LogP contribution is 2.02. The number of hydrogen-bond acceptors (Lipinski definition) is 3. The Morgan fingerprint density at radius 1 is 1.35 bits per heavy atom. The molecule has 102 valence electrons. The zero-order valence-electron chi connectivity index (χ0n) is 11.8. The van der Waals surface area contributed by atoms with Crippen LogP contribution in [0.4, 0.5) is 0 Å². The van der Waals surface area contributed by atoms with E-state index in [1.807, 2.05) is 0 Å². The molecular formula is C13H29N3O. The zero-order valence-corrected chi connectivity index (χ0v) is 11.8. The van der Waals surface area contributed by atoms with E-state index >= 15 is 0 Å². The Morgan fingerprint density at radius 3 is 2.53 bits per heavy atom. The van der Waals surface area contributed by atoms with Crippen LogP contribution in [0, 0.1) is 5.92 Å². The summed E-state index contributed by atoms with van der Waals surface area (Å²) in [6.45, 7) is 8.88. The Kier molecular flexibility index (Phi) is 9.09. The molecule has 0 spiro atoms. The van der Waals surface area contributed by atoms with Gasteiger partial charge in [-0.2, -0.15) is 0 Å². The maximum Gasteiger partial charge on any atom is 0.220 e. The summed E-state index contributed by atoms with van der Waals surface area (Å²) in [6.07, 6.45) is 2.49. The minimum atomic E-state index is 0.150. The summed E-state index contributed by atoms with van der Waals surface area (Å²) in [5, 5.41) is 2.95. The van der Waals surface area contributed by atoms with Gasteiger partial charge in [-0.05, 0) is 52.7 Å². The second-order valence-electron chi connectivity index (χ2n) is 5.16. The SMILES string of the molecule is CC(CN)CCC(=O)NCCCN(C)C(C)C. The van der Waals surface area contributed by atoms with Crippen molar-refractivity contribution in [3.8, 4) is 0 Å². The molecule has 0 saturated carbocycles. The number of hydrogen-bond donors (Lipinski definition) is 2. The summed E-state index contributed by atoms with van der Waals surface area (Å²) in [5.41, 5.74) is 5.50. The Labute approximate surface area is 106 Å². The van der Waals surface area contributed by atoms with Gasteiger partial charge in [0.25, 0.3) is 0 Å². The summed E-state index contributed by atoms with van der Waals surface area (Å²) >= 11 is 0. The largest absolute Gasteiger partial charge is 0.356 e. The van der Waals surface area contributed by atoms with Crippen LogP contribution >= 0.6 is 0 Å². The highest BCUT2D eigenvalue weighted by atomic mass is 16.1. The summed E-state index contributed by atoms with van der Waals surface area (Å²) < 4.78 is 0. The Hall–Kier alpha value is -0.610. The number of carbonyl (C=O) groups is 1. The molecule has 0 heterocycles. The standard InChI is InChI=1S/C13H29N3O/c1-11(2)16(4)9-5-8-15-13(17)7-6-12(3)10-14/h11-12H,5-10,14H2,1-4H3,(H,15,17). The molecule has 0 fully saturated rings. The van der Waals surface area contributed by atoms with Crippen LogP contribution in [-0.2, 0) is 4.79 Å². The normalized spacial score (nSPS) is 13.1. The monoisotopic (exact) mass is 243 g/mol. The van der Waals surface area contributed by atoms with Gasteiger partial charge in [0.15, 0.2) is 0 Å². The van der Waals surface area contributed by atoms with Crippen LogP contribution in [0.25, 0.3) is 0 Å². The van der Waals surface area contributed by atoms with Crippen molar-refractivity contribution in [3.05, 3.63) is 0 Å². The van der Waals surface area contributed by atoms with Crippen molar-refractivity contribution in [2.75, 3.05) is 26.7 Å². The van der Waals surface area contributed by atoms with E-state index in [1.165, 1.54) is 0 Å². The molecule has 0 aromatic rings. The Bertz CT molecular complexity index is 207. The van der Waals surface area contributed by atoms with Crippen molar-refractivity contribution < 1.29 is 4.79 Å². The van der Waals surface area contributed by atoms with Gasteiger partial charge in [0.1, 0.15) is 0 Å². The Balaban J connectivity index is 3.45. The number of amides is 1. The number of nitrogens with two attached hydrogens (primary N) is 1. The molecule has 4 nitrogen and oxygen atoms in total. The number of nitrogens with one attached hydrogen (secondary N) is 1. The molecule has 0 aliphatic carbocycles. The van der Waals surface area contributed by atoms with Gasteiger partial charge in [0.2, 0.25) is 5.91 Å². The molecule has 1 atom stereocenters. The lowest BCUT2D eigenvalue weighted by atomic mass is 10.1. The van der Waals surface area contributed by atoms with Crippen LogP contribution in [0.1, 0.15) is 40.0 Å². The molecule has 17 heavy (non-hydrogen) atoms. The summed E-state index contributed by atoms with van der Waals surface area (Å²) in [4.78, 5) is 13.8. The molecule has 0 aromatic carbocycles. The van der Waals surface area contributed by atoms with Gasteiger partial charge in [-0.3, -0.25) is 4.79 Å². The lowest BCUT2D eigenvalue weighted by molar-refractivity contribution is -0.121. The van der Waals surface area contributed by atoms with E-state index < -0.39 is 0 Å². The molecule has 1 unspecified atom stereocenters. The molecule has 0 aliphatic rings. The van der Waals surface area contributed by atoms with Crippen LogP contribution in [0.5, 0.6) is 0 Å². The molecule has 0 aromatic heterocycles.